The van der Waals surface area contributed by atoms with Crippen molar-refractivity contribution in [1.82, 2.24) is 0 Å². The van der Waals surface area contributed by atoms with E-state index < -0.39 is 0 Å². The van der Waals surface area contributed by atoms with Crippen molar-refractivity contribution in [3.05, 3.63) is 22.6 Å². The maximum absolute atomic E-state index is 8.57. The molecule has 1 atom stereocenters. The van der Waals surface area contributed by atoms with Crippen LogP contribution in [0.25, 0.3) is 0 Å². The molecule has 0 bridgehead atoms. The largest absolute Gasteiger partial charge is 0.453 e. The molecule has 12 heavy (non-hydrogen) atoms. The second-order valence-corrected chi connectivity index (χ2v) is 3.04. The number of halogens is 2. The van der Waals surface area contributed by atoms with Gasteiger partial charge in [0.1, 0.15) is 5.76 Å². The molecule has 0 unspecified atom stereocenters. The van der Waals surface area contributed by atoms with E-state index >= 15 is 0 Å². The van der Waals surface area contributed by atoms with E-state index in [1.807, 2.05) is 0 Å². The van der Waals surface area contributed by atoms with E-state index in [1.54, 1.807) is 12.1 Å². The number of aliphatic hydroxyl groups is 1. The van der Waals surface area contributed by atoms with Crippen LogP contribution in [0.2, 0.25) is 0 Å². The molecule has 0 spiro atoms. The summed E-state index contributed by atoms with van der Waals surface area (Å²) >= 11 is 3.17. The van der Waals surface area contributed by atoms with Crippen molar-refractivity contribution in [2.45, 2.75) is 12.5 Å². The summed E-state index contributed by atoms with van der Waals surface area (Å²) in [5, 5.41) is 8.57. The molecule has 0 aliphatic rings. The van der Waals surface area contributed by atoms with Crippen LogP contribution in [0.15, 0.2) is 21.2 Å². The van der Waals surface area contributed by atoms with Gasteiger partial charge >= 0.3 is 0 Å². The zero-order valence-corrected chi connectivity index (χ0v) is 8.77. The van der Waals surface area contributed by atoms with Crippen molar-refractivity contribution in [1.29, 1.82) is 0 Å². The van der Waals surface area contributed by atoms with Crippen LogP contribution in [0.1, 0.15) is 18.2 Å². The lowest BCUT2D eigenvalue weighted by Crippen LogP contribution is -2.10. The molecule has 0 saturated carbocycles. The summed E-state index contributed by atoms with van der Waals surface area (Å²) in [6, 6.07) is 3.38. The predicted octanol–water partition coefficient (Wildman–Crippen LogP) is 1.85. The summed E-state index contributed by atoms with van der Waals surface area (Å²) in [6.07, 6.45) is 0.528. The normalized spacial score (nSPS) is 12.2. The van der Waals surface area contributed by atoms with Gasteiger partial charge in [-0.3, -0.25) is 0 Å². The molecule has 0 aliphatic carbocycles. The minimum Gasteiger partial charge on any atom is -0.453 e. The second-order valence-electron chi connectivity index (χ2n) is 2.26. The van der Waals surface area contributed by atoms with Crippen LogP contribution in [-0.2, 0) is 0 Å². The third-order valence-corrected chi connectivity index (χ3v) is 1.83. The van der Waals surface area contributed by atoms with Gasteiger partial charge < -0.3 is 15.3 Å². The Morgan fingerprint density at radius 3 is 2.67 bits per heavy atom. The second kappa shape index (κ2) is 5.59. The fourth-order valence-corrected chi connectivity index (χ4v) is 1.13. The Balaban J connectivity index is 0.00000121. The van der Waals surface area contributed by atoms with Gasteiger partial charge in [-0.1, -0.05) is 0 Å². The summed E-state index contributed by atoms with van der Waals surface area (Å²) in [7, 11) is 0. The summed E-state index contributed by atoms with van der Waals surface area (Å²) in [5.74, 6) is 0.700. The van der Waals surface area contributed by atoms with Gasteiger partial charge in [-0.05, 0) is 34.5 Å². The van der Waals surface area contributed by atoms with Crippen molar-refractivity contribution in [2.24, 2.45) is 5.73 Å². The molecule has 0 fully saturated rings. The Bertz CT molecular complexity index is 229. The SMILES string of the molecule is Cl.N[C@@H](CCO)c1ccc(Br)o1. The number of nitrogens with two attached hydrogens (primary N) is 1. The maximum atomic E-state index is 8.57. The first-order valence-corrected chi connectivity index (χ1v) is 4.15. The van der Waals surface area contributed by atoms with Gasteiger partial charge in [0.25, 0.3) is 0 Å². The van der Waals surface area contributed by atoms with Crippen molar-refractivity contribution < 1.29 is 9.52 Å². The molecule has 1 rings (SSSR count). The first-order chi connectivity index (χ1) is 5.24. The molecule has 1 aromatic heterocycles. The molecule has 0 aliphatic heterocycles. The molecule has 70 valence electrons. The molecule has 0 saturated heterocycles. The molecule has 1 aromatic rings. The van der Waals surface area contributed by atoms with Crippen LogP contribution >= 0.6 is 28.3 Å². The zero-order chi connectivity index (χ0) is 8.27. The van der Waals surface area contributed by atoms with Crippen molar-refractivity contribution in [3.8, 4) is 0 Å². The van der Waals surface area contributed by atoms with Crippen molar-refractivity contribution in [2.75, 3.05) is 6.61 Å². The van der Waals surface area contributed by atoms with Crippen LogP contribution < -0.4 is 5.73 Å². The highest BCUT2D eigenvalue weighted by molar-refractivity contribution is 9.10. The van der Waals surface area contributed by atoms with Crippen LogP contribution in [0, 0.1) is 0 Å². The molecular formula is C7H11BrClNO2. The molecule has 0 radical (unpaired) electrons. The van der Waals surface area contributed by atoms with Crippen LogP contribution in [0.3, 0.4) is 0 Å². The topological polar surface area (TPSA) is 59.4 Å². The monoisotopic (exact) mass is 255 g/mol. The molecule has 3 nitrogen and oxygen atoms in total. The molecule has 5 heteroatoms. The van der Waals surface area contributed by atoms with Gasteiger partial charge in [-0.25, -0.2) is 0 Å². The average molecular weight is 257 g/mol. The van der Waals surface area contributed by atoms with Crippen LogP contribution in [-0.4, -0.2) is 11.7 Å². The first kappa shape index (κ1) is 12.0. The minimum atomic E-state index is -0.203. The van der Waals surface area contributed by atoms with Crippen molar-refractivity contribution >= 4 is 28.3 Å². The van der Waals surface area contributed by atoms with E-state index in [-0.39, 0.29) is 25.1 Å². The average Bonchev–Trinajstić information content (AvgIpc) is 2.36. The fraction of sp³-hybridized carbons (Fsp3) is 0.429. The predicted molar refractivity (Wildman–Crippen MR) is 52.3 cm³/mol. The number of furan rings is 1. The van der Waals surface area contributed by atoms with Crippen molar-refractivity contribution in [3.63, 3.8) is 0 Å². The van der Waals surface area contributed by atoms with Gasteiger partial charge in [0, 0.05) is 6.61 Å². The molecular weight excluding hydrogens is 245 g/mol. The third kappa shape index (κ3) is 3.15. The summed E-state index contributed by atoms with van der Waals surface area (Å²) in [5.41, 5.74) is 5.64. The van der Waals surface area contributed by atoms with Gasteiger partial charge in [0.15, 0.2) is 4.67 Å². The fourth-order valence-electron chi connectivity index (χ4n) is 0.809. The number of hydrogen-bond acceptors (Lipinski definition) is 3. The van der Waals surface area contributed by atoms with Gasteiger partial charge in [0.05, 0.1) is 6.04 Å². The van der Waals surface area contributed by atoms with Crippen LogP contribution in [0.5, 0.6) is 0 Å². The lowest BCUT2D eigenvalue weighted by atomic mass is 10.2. The van der Waals surface area contributed by atoms with Gasteiger partial charge in [0.2, 0.25) is 0 Å². The maximum Gasteiger partial charge on any atom is 0.169 e. The smallest absolute Gasteiger partial charge is 0.169 e. The Labute approximate surface area is 85.5 Å². The molecule has 3 N–H and O–H groups in total. The molecule has 1 heterocycles. The summed E-state index contributed by atoms with van der Waals surface area (Å²) < 4.78 is 5.85. The molecule has 0 aromatic carbocycles. The summed E-state index contributed by atoms with van der Waals surface area (Å²) in [6.45, 7) is 0.0828. The highest BCUT2D eigenvalue weighted by Gasteiger charge is 2.08. The van der Waals surface area contributed by atoms with E-state index in [1.165, 1.54) is 0 Å². The Morgan fingerprint density at radius 1 is 1.58 bits per heavy atom. The van der Waals surface area contributed by atoms with E-state index in [2.05, 4.69) is 15.9 Å². The lowest BCUT2D eigenvalue weighted by molar-refractivity contribution is 0.268. The van der Waals surface area contributed by atoms with Crippen LogP contribution in [0.4, 0.5) is 0 Å². The minimum absolute atomic E-state index is 0. The Morgan fingerprint density at radius 2 is 2.25 bits per heavy atom. The zero-order valence-electron chi connectivity index (χ0n) is 6.37. The number of aliphatic hydroxyl groups excluding tert-OH is 1. The first-order valence-electron chi connectivity index (χ1n) is 3.35. The number of hydrogen-bond donors (Lipinski definition) is 2. The molecule has 0 amide bonds. The summed E-state index contributed by atoms with van der Waals surface area (Å²) in [4.78, 5) is 0. The highest BCUT2D eigenvalue weighted by atomic mass is 79.9. The third-order valence-electron chi connectivity index (χ3n) is 1.40. The highest BCUT2D eigenvalue weighted by Crippen LogP contribution is 2.20. The Kier molecular flexibility index (Phi) is 5.57. The van der Waals surface area contributed by atoms with E-state index in [0.717, 1.165) is 0 Å². The van der Waals surface area contributed by atoms with E-state index in [0.29, 0.717) is 16.9 Å². The Hall–Kier alpha value is -0.0300. The quantitative estimate of drug-likeness (QED) is 0.868. The van der Waals surface area contributed by atoms with Gasteiger partial charge in [-0.15, -0.1) is 12.4 Å². The number of rotatable bonds is 3. The van der Waals surface area contributed by atoms with E-state index in [9.17, 15) is 0 Å². The lowest BCUT2D eigenvalue weighted by Gasteiger charge is -2.04. The van der Waals surface area contributed by atoms with Gasteiger partial charge in [-0.2, -0.15) is 0 Å². The standard InChI is InChI=1S/C7H10BrNO2.ClH/c8-7-2-1-6(11-7)5(9)3-4-10;/h1-2,5,10H,3-4,9H2;1H/t5-;/m0./s1. The van der Waals surface area contributed by atoms with E-state index in [4.69, 9.17) is 15.3 Å².